The van der Waals surface area contributed by atoms with E-state index in [1.165, 1.54) is 31.1 Å². The number of hydrogen-bond donors (Lipinski definition) is 0. The average Bonchev–Trinajstić information content (AvgIpc) is 3.91. The highest BCUT2D eigenvalue weighted by atomic mass is 32.1. The van der Waals surface area contributed by atoms with E-state index in [4.69, 9.17) is 19.9 Å². The van der Waals surface area contributed by atoms with Gasteiger partial charge in [0.2, 0.25) is 0 Å². The van der Waals surface area contributed by atoms with Crippen molar-refractivity contribution in [2.45, 2.75) is 0 Å². The molecule has 0 unspecified atom stereocenters. The maximum Gasteiger partial charge on any atom is 0.164 e. The van der Waals surface area contributed by atoms with Crippen molar-refractivity contribution >= 4 is 75.0 Å². The lowest BCUT2D eigenvalue weighted by Crippen LogP contribution is -2.00. The Labute approximate surface area is 372 Å². The zero-order chi connectivity index (χ0) is 42.1. The third-order valence-electron chi connectivity index (χ3n) is 12.4. The fourth-order valence-electron chi connectivity index (χ4n) is 9.40. The first-order chi connectivity index (χ1) is 31.7. The first-order valence-electron chi connectivity index (χ1n) is 21.5. The van der Waals surface area contributed by atoms with Gasteiger partial charge in [0.15, 0.2) is 17.5 Å². The molecular weight excluding hydrogens is 799 g/mol. The van der Waals surface area contributed by atoms with E-state index in [2.05, 4.69) is 199 Å². The second kappa shape index (κ2) is 14.7. The molecule has 298 valence electrons. The fraction of sp³-hybridized carbons (Fsp3) is 0. The Bertz CT molecular complexity index is 3930. The molecule has 5 nitrogen and oxygen atoms in total. The summed E-state index contributed by atoms with van der Waals surface area (Å²) in [6.45, 7) is 0. The van der Waals surface area contributed by atoms with E-state index in [1.807, 2.05) is 29.5 Å². The Morgan fingerprint density at radius 3 is 1.67 bits per heavy atom. The molecule has 13 aromatic rings. The van der Waals surface area contributed by atoms with Crippen molar-refractivity contribution in [1.29, 1.82) is 0 Å². The van der Waals surface area contributed by atoms with E-state index < -0.39 is 0 Å². The van der Waals surface area contributed by atoms with Gasteiger partial charge in [-0.15, -0.1) is 11.3 Å². The Kier molecular flexibility index (Phi) is 8.32. The Morgan fingerprint density at radius 2 is 0.906 bits per heavy atom. The highest BCUT2D eigenvalue weighted by Gasteiger charge is 2.20. The molecule has 0 aliphatic heterocycles. The second-order valence-corrected chi connectivity index (χ2v) is 17.2. The van der Waals surface area contributed by atoms with Crippen molar-refractivity contribution < 1.29 is 0 Å². The highest BCUT2D eigenvalue weighted by molar-refractivity contribution is 7.26. The number of pyridine rings is 1. The fourth-order valence-corrected chi connectivity index (χ4v) is 10.6. The van der Waals surface area contributed by atoms with Gasteiger partial charge < -0.3 is 4.57 Å². The minimum Gasteiger partial charge on any atom is -0.309 e. The van der Waals surface area contributed by atoms with Crippen molar-refractivity contribution in [3.63, 3.8) is 0 Å². The number of rotatable bonds is 6. The van der Waals surface area contributed by atoms with E-state index in [9.17, 15) is 0 Å². The first-order valence-corrected chi connectivity index (χ1v) is 22.3. The number of para-hydroxylation sites is 2. The van der Waals surface area contributed by atoms with Gasteiger partial charge in [-0.3, -0.25) is 0 Å². The predicted octanol–water partition coefficient (Wildman–Crippen LogP) is 15.4. The number of aromatic nitrogens is 5. The average molecular weight is 834 g/mol. The zero-order valence-electron chi connectivity index (χ0n) is 34.4. The van der Waals surface area contributed by atoms with Crippen LogP contribution in [0.1, 0.15) is 0 Å². The Morgan fingerprint density at radius 1 is 0.328 bits per heavy atom. The quantitative estimate of drug-likeness (QED) is 0.157. The number of thiophene rings is 1. The summed E-state index contributed by atoms with van der Waals surface area (Å²) in [4.78, 5) is 20.8. The molecule has 6 heteroatoms. The molecule has 0 spiro atoms. The van der Waals surface area contributed by atoms with Crippen molar-refractivity contribution in [1.82, 2.24) is 24.5 Å². The topological polar surface area (TPSA) is 56.5 Å². The minimum absolute atomic E-state index is 0.612. The summed E-state index contributed by atoms with van der Waals surface area (Å²) in [6.07, 6.45) is 0. The summed E-state index contributed by atoms with van der Waals surface area (Å²) in [5.74, 6) is 1.86. The van der Waals surface area contributed by atoms with Gasteiger partial charge in [-0.1, -0.05) is 170 Å². The van der Waals surface area contributed by atoms with Gasteiger partial charge in [0, 0.05) is 69.7 Å². The van der Waals surface area contributed by atoms with E-state index >= 15 is 0 Å². The molecule has 0 aliphatic rings. The van der Waals surface area contributed by atoms with Crippen LogP contribution in [0.3, 0.4) is 0 Å². The van der Waals surface area contributed by atoms with Crippen LogP contribution in [0.4, 0.5) is 0 Å². The zero-order valence-corrected chi connectivity index (χ0v) is 35.2. The van der Waals surface area contributed by atoms with Crippen LogP contribution in [0.25, 0.3) is 126 Å². The molecular formula is C58H35N5S. The molecule has 0 amide bonds. The van der Waals surface area contributed by atoms with Crippen LogP contribution in [0.2, 0.25) is 0 Å². The highest BCUT2D eigenvalue weighted by Crippen LogP contribution is 2.42. The summed E-state index contributed by atoms with van der Waals surface area (Å²) in [5, 5.41) is 8.29. The molecule has 0 bridgehead atoms. The molecule has 9 aromatic carbocycles. The molecule has 13 rings (SSSR count). The van der Waals surface area contributed by atoms with Gasteiger partial charge in [0.25, 0.3) is 0 Å². The molecule has 4 heterocycles. The normalized spacial score (nSPS) is 11.8. The van der Waals surface area contributed by atoms with E-state index in [0.717, 1.165) is 77.3 Å². The van der Waals surface area contributed by atoms with Gasteiger partial charge in [-0.05, 0) is 59.0 Å². The second-order valence-electron chi connectivity index (χ2n) is 16.2. The van der Waals surface area contributed by atoms with Crippen molar-refractivity contribution in [3.05, 3.63) is 212 Å². The SMILES string of the molecule is c1ccc(-c2nc(-c3ccc(-c4cccc5c4sc4ccccc45)cc3)nc(-c3ccc4c5cc6c(-c7ccccc7)nc7ccccc7c6cc5n(-c5ccccc5)c4c3)n2)cc1. The summed E-state index contributed by atoms with van der Waals surface area (Å²) in [6, 6.07) is 75.0. The molecule has 0 atom stereocenters. The van der Waals surface area contributed by atoms with Crippen molar-refractivity contribution in [2.75, 3.05) is 0 Å². The van der Waals surface area contributed by atoms with E-state index in [0.29, 0.717) is 17.5 Å². The smallest absolute Gasteiger partial charge is 0.164 e. The molecule has 0 aliphatic carbocycles. The molecule has 0 radical (unpaired) electrons. The van der Waals surface area contributed by atoms with Crippen LogP contribution in [-0.2, 0) is 0 Å². The van der Waals surface area contributed by atoms with E-state index in [1.54, 1.807) is 0 Å². The summed E-state index contributed by atoms with van der Waals surface area (Å²) < 4.78 is 4.97. The summed E-state index contributed by atoms with van der Waals surface area (Å²) >= 11 is 1.85. The molecule has 0 N–H and O–H groups in total. The van der Waals surface area contributed by atoms with Crippen LogP contribution >= 0.6 is 11.3 Å². The van der Waals surface area contributed by atoms with Gasteiger partial charge in [0.1, 0.15) is 0 Å². The van der Waals surface area contributed by atoms with E-state index in [-0.39, 0.29) is 0 Å². The molecule has 64 heavy (non-hydrogen) atoms. The molecule has 0 saturated heterocycles. The van der Waals surface area contributed by atoms with Gasteiger partial charge in [-0.2, -0.15) is 0 Å². The number of fused-ring (bicyclic) bond motifs is 9. The van der Waals surface area contributed by atoms with Crippen LogP contribution in [0.15, 0.2) is 212 Å². The lowest BCUT2D eigenvalue weighted by molar-refractivity contribution is 1.07. The summed E-state index contributed by atoms with van der Waals surface area (Å²) in [5.41, 5.74) is 11.4. The van der Waals surface area contributed by atoms with Crippen molar-refractivity contribution in [2.24, 2.45) is 0 Å². The number of nitrogens with zero attached hydrogens (tertiary/aromatic N) is 5. The van der Waals surface area contributed by atoms with Crippen molar-refractivity contribution in [3.8, 4) is 62.2 Å². The first kappa shape index (κ1) is 36.3. The molecule has 0 fully saturated rings. The number of benzene rings is 9. The lowest BCUT2D eigenvalue weighted by atomic mass is 9.98. The Balaban J connectivity index is 1.00. The third kappa shape index (κ3) is 5.92. The van der Waals surface area contributed by atoms with Gasteiger partial charge in [-0.25, -0.2) is 19.9 Å². The molecule has 0 saturated carbocycles. The van der Waals surface area contributed by atoms with Gasteiger partial charge >= 0.3 is 0 Å². The monoisotopic (exact) mass is 833 g/mol. The minimum atomic E-state index is 0.612. The number of hydrogen-bond acceptors (Lipinski definition) is 5. The standard InChI is InChI=1S/C58H35N5S/c1-4-15-37(16-5-1)54-49-34-48-44-32-31-40(33-51(44)63(41-19-8-3-9-20-41)52(48)35-47(49)43-21-10-12-25-50(43)59-54)58-61-56(38-17-6-2-7-18-38)60-57(62-58)39-29-27-36(28-30-39)42-23-14-24-46-45-22-11-13-26-53(45)64-55(42)46/h1-35H. The van der Waals surface area contributed by atoms with Crippen LogP contribution in [0, 0.1) is 0 Å². The Hall–Kier alpha value is -8.32. The largest absolute Gasteiger partial charge is 0.309 e. The third-order valence-corrected chi connectivity index (χ3v) is 13.7. The summed E-state index contributed by atoms with van der Waals surface area (Å²) in [7, 11) is 0. The predicted molar refractivity (Wildman–Crippen MR) is 267 cm³/mol. The maximum absolute atomic E-state index is 5.26. The van der Waals surface area contributed by atoms with Gasteiger partial charge in [0.05, 0.1) is 22.2 Å². The molecule has 4 aromatic heterocycles. The maximum atomic E-state index is 5.26. The van der Waals surface area contributed by atoms with Crippen LogP contribution < -0.4 is 0 Å². The lowest BCUT2D eigenvalue weighted by Gasteiger charge is -2.12. The van der Waals surface area contributed by atoms with Crippen LogP contribution in [-0.4, -0.2) is 24.5 Å². The van der Waals surface area contributed by atoms with Crippen LogP contribution in [0.5, 0.6) is 0 Å².